The topological polar surface area (TPSA) is 71.2 Å². The first-order valence-corrected chi connectivity index (χ1v) is 7.60. The second-order valence-corrected chi connectivity index (χ2v) is 6.18. The minimum atomic E-state index is 0.0600. The highest BCUT2D eigenvalue weighted by atomic mass is 32.1. The molecule has 1 aromatic rings. The lowest BCUT2D eigenvalue weighted by molar-refractivity contribution is -0.125. The third-order valence-electron chi connectivity index (χ3n) is 3.52. The number of aryl methyl sites for hydroxylation is 2. The molecule has 1 saturated heterocycles. The number of aromatic nitrogens is 1. The second kappa shape index (κ2) is 6.34. The van der Waals surface area contributed by atoms with Crippen LogP contribution in [-0.2, 0) is 4.79 Å². The highest BCUT2D eigenvalue weighted by Gasteiger charge is 2.27. The van der Waals surface area contributed by atoms with Gasteiger partial charge in [-0.3, -0.25) is 4.79 Å². The smallest absolute Gasteiger partial charge is 0.224 e. The van der Waals surface area contributed by atoms with Crippen molar-refractivity contribution in [1.82, 2.24) is 10.3 Å². The Balaban J connectivity index is 1.98. The maximum Gasteiger partial charge on any atom is 0.224 e. The number of piperidine rings is 1. The van der Waals surface area contributed by atoms with Gasteiger partial charge in [-0.05, 0) is 26.7 Å². The normalized spacial score (nSPS) is 19.5. The van der Waals surface area contributed by atoms with Gasteiger partial charge in [0.2, 0.25) is 5.91 Å². The van der Waals surface area contributed by atoms with E-state index in [0.29, 0.717) is 13.1 Å². The van der Waals surface area contributed by atoms with Gasteiger partial charge in [-0.15, -0.1) is 11.3 Å². The zero-order chi connectivity index (χ0) is 13.8. The van der Waals surface area contributed by atoms with Crippen molar-refractivity contribution in [2.24, 2.45) is 11.7 Å². The van der Waals surface area contributed by atoms with Crippen molar-refractivity contribution in [3.63, 3.8) is 0 Å². The predicted molar refractivity (Wildman–Crippen MR) is 78.6 cm³/mol. The maximum atomic E-state index is 12.0. The monoisotopic (exact) mass is 282 g/mol. The Kier molecular flexibility index (Phi) is 4.76. The molecule has 5 nitrogen and oxygen atoms in total. The molecule has 1 fully saturated rings. The molecule has 0 aliphatic carbocycles. The van der Waals surface area contributed by atoms with Crippen LogP contribution < -0.4 is 16.0 Å². The van der Waals surface area contributed by atoms with Crippen LogP contribution in [0.5, 0.6) is 0 Å². The van der Waals surface area contributed by atoms with Gasteiger partial charge in [0.15, 0.2) is 5.13 Å². The number of thiazole rings is 1. The van der Waals surface area contributed by atoms with Crippen LogP contribution >= 0.6 is 11.3 Å². The molecule has 19 heavy (non-hydrogen) atoms. The Bertz CT molecular complexity index is 426. The molecule has 0 aromatic carbocycles. The lowest BCUT2D eigenvalue weighted by Crippen LogP contribution is -2.44. The van der Waals surface area contributed by atoms with Crippen molar-refractivity contribution < 1.29 is 4.79 Å². The molecule has 2 rings (SSSR count). The van der Waals surface area contributed by atoms with Crippen molar-refractivity contribution in [2.45, 2.75) is 26.7 Å². The van der Waals surface area contributed by atoms with E-state index in [4.69, 9.17) is 5.73 Å². The third-order valence-corrected chi connectivity index (χ3v) is 4.66. The molecule has 1 atom stereocenters. The molecule has 0 saturated carbocycles. The second-order valence-electron chi connectivity index (χ2n) is 5.00. The summed E-state index contributed by atoms with van der Waals surface area (Å²) >= 11 is 1.72. The first-order chi connectivity index (χ1) is 9.11. The van der Waals surface area contributed by atoms with Gasteiger partial charge in [0.1, 0.15) is 0 Å². The molecule has 2 heterocycles. The minimum absolute atomic E-state index is 0.0600. The summed E-state index contributed by atoms with van der Waals surface area (Å²) in [6, 6.07) is 0. The van der Waals surface area contributed by atoms with Crippen molar-refractivity contribution in [3.8, 4) is 0 Å². The standard InChI is InChI=1S/C13H22N4OS/c1-9-10(2)19-13(16-9)17-7-3-4-11(8-17)12(18)15-6-5-14/h11H,3-8,14H2,1-2H3,(H,15,18). The Morgan fingerprint density at radius 3 is 3.00 bits per heavy atom. The summed E-state index contributed by atoms with van der Waals surface area (Å²) in [6.45, 7) is 6.93. The summed E-state index contributed by atoms with van der Waals surface area (Å²) in [5.74, 6) is 0.185. The third kappa shape index (κ3) is 3.45. The fourth-order valence-corrected chi connectivity index (χ4v) is 3.24. The van der Waals surface area contributed by atoms with E-state index in [0.717, 1.165) is 36.8 Å². The predicted octanol–water partition coefficient (Wildman–Crippen LogP) is 1.05. The van der Waals surface area contributed by atoms with E-state index in [1.807, 2.05) is 6.92 Å². The van der Waals surface area contributed by atoms with Crippen LogP contribution in [-0.4, -0.2) is 37.1 Å². The number of nitrogens with zero attached hydrogens (tertiary/aromatic N) is 2. The highest BCUT2D eigenvalue weighted by molar-refractivity contribution is 7.15. The van der Waals surface area contributed by atoms with Crippen LogP contribution in [0.15, 0.2) is 0 Å². The van der Waals surface area contributed by atoms with Crippen molar-refractivity contribution >= 4 is 22.4 Å². The van der Waals surface area contributed by atoms with Crippen LogP contribution in [0, 0.1) is 19.8 Å². The van der Waals surface area contributed by atoms with Crippen molar-refractivity contribution in [1.29, 1.82) is 0 Å². The molecule has 1 unspecified atom stereocenters. The van der Waals surface area contributed by atoms with E-state index in [9.17, 15) is 4.79 Å². The number of amides is 1. The molecule has 1 amide bonds. The molecule has 0 spiro atoms. The Labute approximate surface area is 118 Å². The molecule has 6 heteroatoms. The Morgan fingerprint density at radius 2 is 2.37 bits per heavy atom. The van der Waals surface area contributed by atoms with Crippen LogP contribution in [0.2, 0.25) is 0 Å². The molecule has 1 aliphatic rings. The van der Waals surface area contributed by atoms with Crippen LogP contribution in [0.1, 0.15) is 23.4 Å². The number of nitrogens with two attached hydrogens (primary N) is 1. The number of carbonyl (C=O) groups excluding carboxylic acids is 1. The summed E-state index contributed by atoms with van der Waals surface area (Å²) < 4.78 is 0. The van der Waals surface area contributed by atoms with E-state index in [1.54, 1.807) is 11.3 Å². The van der Waals surface area contributed by atoms with Crippen molar-refractivity contribution in [2.75, 3.05) is 31.1 Å². The van der Waals surface area contributed by atoms with E-state index in [1.165, 1.54) is 4.88 Å². The van der Waals surface area contributed by atoms with Gasteiger partial charge < -0.3 is 16.0 Å². The zero-order valence-electron chi connectivity index (χ0n) is 11.6. The summed E-state index contributed by atoms with van der Waals surface area (Å²) in [5.41, 5.74) is 6.50. The van der Waals surface area contributed by atoms with Gasteiger partial charge in [0.05, 0.1) is 11.6 Å². The fourth-order valence-electron chi connectivity index (χ4n) is 2.30. The van der Waals surface area contributed by atoms with E-state index >= 15 is 0 Å². The average molecular weight is 282 g/mol. The van der Waals surface area contributed by atoms with E-state index in [2.05, 4.69) is 22.1 Å². The molecule has 0 radical (unpaired) electrons. The zero-order valence-corrected chi connectivity index (χ0v) is 12.4. The molecular formula is C13H22N4OS. The van der Waals surface area contributed by atoms with Gasteiger partial charge in [0, 0.05) is 31.1 Å². The highest BCUT2D eigenvalue weighted by Crippen LogP contribution is 2.29. The lowest BCUT2D eigenvalue weighted by Gasteiger charge is -2.31. The number of carbonyl (C=O) groups is 1. The summed E-state index contributed by atoms with van der Waals surface area (Å²) in [6.07, 6.45) is 1.99. The number of rotatable bonds is 4. The van der Waals surface area contributed by atoms with Crippen LogP contribution in [0.25, 0.3) is 0 Å². The van der Waals surface area contributed by atoms with Crippen molar-refractivity contribution in [3.05, 3.63) is 10.6 Å². The van der Waals surface area contributed by atoms with Crippen LogP contribution in [0.3, 0.4) is 0 Å². The van der Waals surface area contributed by atoms with Crippen LogP contribution in [0.4, 0.5) is 5.13 Å². The molecule has 106 valence electrons. The number of nitrogens with one attached hydrogen (secondary N) is 1. The molecule has 3 N–H and O–H groups in total. The van der Waals surface area contributed by atoms with Gasteiger partial charge in [-0.25, -0.2) is 4.98 Å². The molecule has 0 bridgehead atoms. The summed E-state index contributed by atoms with van der Waals surface area (Å²) in [5, 5.41) is 3.93. The largest absolute Gasteiger partial charge is 0.355 e. The van der Waals surface area contributed by atoms with Gasteiger partial charge in [-0.2, -0.15) is 0 Å². The summed E-state index contributed by atoms with van der Waals surface area (Å²) in [4.78, 5) is 20.1. The van der Waals surface area contributed by atoms with Gasteiger partial charge >= 0.3 is 0 Å². The maximum absolute atomic E-state index is 12.0. The fraction of sp³-hybridized carbons (Fsp3) is 0.692. The SMILES string of the molecule is Cc1nc(N2CCCC(C(=O)NCCN)C2)sc1C. The van der Waals surface area contributed by atoms with Gasteiger partial charge in [0.25, 0.3) is 0 Å². The van der Waals surface area contributed by atoms with Gasteiger partial charge in [-0.1, -0.05) is 0 Å². The molecular weight excluding hydrogens is 260 g/mol. The average Bonchev–Trinajstić information content (AvgIpc) is 2.76. The Morgan fingerprint density at radius 1 is 1.58 bits per heavy atom. The minimum Gasteiger partial charge on any atom is -0.355 e. The van der Waals surface area contributed by atoms with E-state index < -0.39 is 0 Å². The van der Waals surface area contributed by atoms with E-state index in [-0.39, 0.29) is 11.8 Å². The first-order valence-electron chi connectivity index (χ1n) is 6.78. The first kappa shape index (κ1) is 14.3. The summed E-state index contributed by atoms with van der Waals surface area (Å²) in [7, 11) is 0. The number of anilines is 1. The molecule has 1 aromatic heterocycles. The number of hydrogen-bond acceptors (Lipinski definition) is 5. The lowest BCUT2D eigenvalue weighted by atomic mass is 9.97. The quantitative estimate of drug-likeness (QED) is 0.866. The molecule has 1 aliphatic heterocycles. The Hall–Kier alpha value is -1.14. The number of hydrogen-bond donors (Lipinski definition) is 2.